The van der Waals surface area contributed by atoms with Crippen LogP contribution in [0.1, 0.15) is 28.8 Å². The zero-order valence-electron chi connectivity index (χ0n) is 11.8. The Kier molecular flexibility index (Phi) is 4.74. The molecule has 108 valence electrons. The standard InChI is InChI=1S/C15H21N3O2/c1-11-4-2-3-5-13(11)15(20)17-12-6-8-18(9-7-12)10-14(16)19/h2-5,12H,6-10H2,1H3,(H2,16,19)(H,17,20). The molecule has 2 amide bonds. The molecule has 0 aromatic heterocycles. The number of likely N-dealkylation sites (tertiary alicyclic amines) is 1. The minimum atomic E-state index is -0.299. The highest BCUT2D eigenvalue weighted by atomic mass is 16.2. The summed E-state index contributed by atoms with van der Waals surface area (Å²) in [6.45, 7) is 3.83. The molecule has 0 radical (unpaired) electrons. The van der Waals surface area contributed by atoms with E-state index in [4.69, 9.17) is 5.73 Å². The maximum atomic E-state index is 12.2. The lowest BCUT2D eigenvalue weighted by molar-refractivity contribution is -0.119. The van der Waals surface area contributed by atoms with Crippen molar-refractivity contribution >= 4 is 11.8 Å². The van der Waals surface area contributed by atoms with Crippen LogP contribution in [0.3, 0.4) is 0 Å². The van der Waals surface area contributed by atoms with Crippen molar-refractivity contribution in [2.75, 3.05) is 19.6 Å². The van der Waals surface area contributed by atoms with Gasteiger partial charge < -0.3 is 11.1 Å². The summed E-state index contributed by atoms with van der Waals surface area (Å²) in [5.41, 5.74) is 6.89. The molecule has 1 aliphatic rings. The third-order valence-electron chi connectivity index (χ3n) is 3.69. The monoisotopic (exact) mass is 275 g/mol. The average Bonchev–Trinajstić information content (AvgIpc) is 2.41. The summed E-state index contributed by atoms with van der Waals surface area (Å²) in [7, 11) is 0. The Morgan fingerprint density at radius 1 is 1.30 bits per heavy atom. The van der Waals surface area contributed by atoms with Crippen LogP contribution in [0, 0.1) is 6.92 Å². The number of benzene rings is 1. The van der Waals surface area contributed by atoms with Crippen molar-refractivity contribution in [1.82, 2.24) is 10.2 Å². The van der Waals surface area contributed by atoms with Gasteiger partial charge in [-0.2, -0.15) is 0 Å². The van der Waals surface area contributed by atoms with Gasteiger partial charge in [0, 0.05) is 24.7 Å². The van der Waals surface area contributed by atoms with Gasteiger partial charge in [0.15, 0.2) is 0 Å². The van der Waals surface area contributed by atoms with Gasteiger partial charge in [-0.05, 0) is 31.4 Å². The number of carbonyl (C=O) groups is 2. The Hall–Kier alpha value is -1.88. The molecule has 0 saturated carbocycles. The summed E-state index contributed by atoms with van der Waals surface area (Å²) in [5, 5.41) is 3.07. The zero-order chi connectivity index (χ0) is 14.5. The predicted octanol–water partition coefficient (Wildman–Crippen LogP) is 0.675. The smallest absolute Gasteiger partial charge is 0.251 e. The van der Waals surface area contributed by atoms with Crippen LogP contribution < -0.4 is 11.1 Å². The van der Waals surface area contributed by atoms with Crippen molar-refractivity contribution in [3.05, 3.63) is 35.4 Å². The Balaban J connectivity index is 1.85. The Labute approximate surface area is 119 Å². The number of nitrogens with one attached hydrogen (secondary N) is 1. The number of hydrogen-bond donors (Lipinski definition) is 2. The first-order valence-corrected chi connectivity index (χ1v) is 6.93. The van der Waals surface area contributed by atoms with Crippen LogP contribution in [0.25, 0.3) is 0 Å². The van der Waals surface area contributed by atoms with Crippen molar-refractivity contribution < 1.29 is 9.59 Å². The highest BCUT2D eigenvalue weighted by molar-refractivity contribution is 5.95. The van der Waals surface area contributed by atoms with E-state index in [1.807, 2.05) is 36.1 Å². The molecular weight excluding hydrogens is 254 g/mol. The number of hydrogen-bond acceptors (Lipinski definition) is 3. The van der Waals surface area contributed by atoms with Crippen LogP contribution in [0.4, 0.5) is 0 Å². The quantitative estimate of drug-likeness (QED) is 0.848. The van der Waals surface area contributed by atoms with Gasteiger partial charge in [-0.3, -0.25) is 14.5 Å². The Bertz CT molecular complexity index is 494. The largest absolute Gasteiger partial charge is 0.369 e. The van der Waals surface area contributed by atoms with Gasteiger partial charge in [-0.25, -0.2) is 0 Å². The van der Waals surface area contributed by atoms with Crippen molar-refractivity contribution in [3.8, 4) is 0 Å². The number of nitrogens with two attached hydrogens (primary N) is 1. The number of aryl methyl sites for hydroxylation is 1. The Morgan fingerprint density at radius 2 is 1.95 bits per heavy atom. The minimum Gasteiger partial charge on any atom is -0.369 e. The fourth-order valence-electron chi connectivity index (χ4n) is 2.55. The van der Waals surface area contributed by atoms with Gasteiger partial charge in [-0.1, -0.05) is 18.2 Å². The molecule has 0 unspecified atom stereocenters. The van der Waals surface area contributed by atoms with E-state index in [1.165, 1.54) is 0 Å². The molecule has 0 spiro atoms. The molecule has 5 nitrogen and oxygen atoms in total. The van der Waals surface area contributed by atoms with Crippen molar-refractivity contribution in [1.29, 1.82) is 0 Å². The summed E-state index contributed by atoms with van der Waals surface area (Å²) in [5.74, 6) is -0.316. The third kappa shape index (κ3) is 3.81. The second-order valence-corrected chi connectivity index (χ2v) is 5.31. The fourth-order valence-corrected chi connectivity index (χ4v) is 2.55. The summed E-state index contributed by atoms with van der Waals surface area (Å²) < 4.78 is 0. The summed E-state index contributed by atoms with van der Waals surface area (Å²) in [4.78, 5) is 25.1. The highest BCUT2D eigenvalue weighted by Gasteiger charge is 2.22. The average molecular weight is 275 g/mol. The summed E-state index contributed by atoms with van der Waals surface area (Å²) in [6, 6.07) is 7.74. The van der Waals surface area contributed by atoms with E-state index in [0.717, 1.165) is 37.1 Å². The molecule has 20 heavy (non-hydrogen) atoms. The van der Waals surface area contributed by atoms with E-state index >= 15 is 0 Å². The van der Waals surface area contributed by atoms with Gasteiger partial charge in [0.1, 0.15) is 0 Å². The van der Waals surface area contributed by atoms with Crippen molar-refractivity contribution in [2.45, 2.75) is 25.8 Å². The molecular formula is C15H21N3O2. The third-order valence-corrected chi connectivity index (χ3v) is 3.69. The molecule has 3 N–H and O–H groups in total. The minimum absolute atomic E-state index is 0.0172. The topological polar surface area (TPSA) is 75.4 Å². The zero-order valence-corrected chi connectivity index (χ0v) is 11.8. The molecule has 1 heterocycles. The highest BCUT2D eigenvalue weighted by Crippen LogP contribution is 2.12. The van der Waals surface area contributed by atoms with Crippen LogP contribution in [0.2, 0.25) is 0 Å². The number of rotatable bonds is 4. The summed E-state index contributed by atoms with van der Waals surface area (Å²) in [6.07, 6.45) is 1.70. The van der Waals surface area contributed by atoms with E-state index < -0.39 is 0 Å². The molecule has 5 heteroatoms. The molecule has 2 rings (SSSR count). The molecule has 1 saturated heterocycles. The van der Waals surface area contributed by atoms with Gasteiger partial charge in [0.2, 0.25) is 5.91 Å². The number of amides is 2. The molecule has 1 aromatic carbocycles. The molecule has 1 fully saturated rings. The maximum absolute atomic E-state index is 12.2. The van der Waals surface area contributed by atoms with E-state index in [1.54, 1.807) is 0 Å². The van der Waals surface area contributed by atoms with Gasteiger partial charge in [-0.15, -0.1) is 0 Å². The van der Waals surface area contributed by atoms with E-state index in [9.17, 15) is 9.59 Å². The van der Waals surface area contributed by atoms with Gasteiger partial charge in [0.05, 0.1) is 6.54 Å². The normalized spacial score (nSPS) is 16.9. The molecule has 0 bridgehead atoms. The van der Waals surface area contributed by atoms with E-state index in [-0.39, 0.29) is 17.9 Å². The molecule has 0 atom stereocenters. The molecule has 0 aliphatic carbocycles. The van der Waals surface area contributed by atoms with Crippen LogP contribution >= 0.6 is 0 Å². The first-order valence-electron chi connectivity index (χ1n) is 6.93. The number of carbonyl (C=O) groups excluding carboxylic acids is 2. The van der Waals surface area contributed by atoms with Gasteiger partial charge in [0.25, 0.3) is 5.91 Å². The van der Waals surface area contributed by atoms with Crippen LogP contribution in [0.15, 0.2) is 24.3 Å². The predicted molar refractivity (Wildman–Crippen MR) is 77.3 cm³/mol. The second-order valence-electron chi connectivity index (χ2n) is 5.31. The van der Waals surface area contributed by atoms with E-state index in [2.05, 4.69) is 5.32 Å². The van der Waals surface area contributed by atoms with Crippen LogP contribution in [-0.2, 0) is 4.79 Å². The lowest BCUT2D eigenvalue weighted by Gasteiger charge is -2.31. The second kappa shape index (κ2) is 6.52. The Morgan fingerprint density at radius 3 is 2.55 bits per heavy atom. The van der Waals surface area contributed by atoms with Crippen LogP contribution in [-0.4, -0.2) is 42.4 Å². The van der Waals surface area contributed by atoms with Crippen molar-refractivity contribution in [3.63, 3.8) is 0 Å². The maximum Gasteiger partial charge on any atom is 0.251 e. The fraction of sp³-hybridized carbons (Fsp3) is 0.467. The SMILES string of the molecule is Cc1ccccc1C(=O)NC1CCN(CC(N)=O)CC1. The first kappa shape index (κ1) is 14.5. The number of nitrogens with zero attached hydrogens (tertiary/aromatic N) is 1. The van der Waals surface area contributed by atoms with E-state index in [0.29, 0.717) is 6.54 Å². The lowest BCUT2D eigenvalue weighted by Crippen LogP contribution is -2.46. The summed E-state index contributed by atoms with van der Waals surface area (Å²) >= 11 is 0. The van der Waals surface area contributed by atoms with Crippen LogP contribution in [0.5, 0.6) is 0 Å². The number of piperidine rings is 1. The number of primary amides is 1. The first-order chi connectivity index (χ1) is 9.56. The van der Waals surface area contributed by atoms with Crippen molar-refractivity contribution in [2.24, 2.45) is 5.73 Å². The molecule has 1 aromatic rings. The van der Waals surface area contributed by atoms with Gasteiger partial charge >= 0.3 is 0 Å². The lowest BCUT2D eigenvalue weighted by atomic mass is 10.0. The molecule has 1 aliphatic heterocycles.